The van der Waals surface area contributed by atoms with Crippen LogP contribution >= 0.6 is 0 Å². The Hall–Kier alpha value is -3.28. The lowest BCUT2D eigenvalue weighted by molar-refractivity contribution is 0.990. The molecule has 0 bridgehead atoms. The third-order valence-electron chi connectivity index (χ3n) is 4.68. The molecular formula is C20H18N6. The van der Waals surface area contributed by atoms with Gasteiger partial charge in [-0.25, -0.2) is 15.0 Å². The molecule has 6 nitrogen and oxygen atoms in total. The molecule has 0 amide bonds. The van der Waals surface area contributed by atoms with E-state index in [9.17, 15) is 0 Å². The van der Waals surface area contributed by atoms with E-state index in [1.54, 1.807) is 12.5 Å². The number of aromatic amines is 1. The summed E-state index contributed by atoms with van der Waals surface area (Å²) >= 11 is 0. The molecule has 4 aromatic rings. The standard InChI is InChI=1S/C20H18N6/c1-2-13(10-21-6-1)11-23-19-8-16(15-5-7-22-20(15)26-19)18-9-17(14-3-4-14)24-12-25-18/h1-2,5-10,12,14H,3-4,11H2,(H2,22,23,26). The summed E-state index contributed by atoms with van der Waals surface area (Å²) in [4.78, 5) is 21.0. The molecule has 1 aliphatic rings. The van der Waals surface area contributed by atoms with Crippen molar-refractivity contribution in [3.05, 3.63) is 66.5 Å². The van der Waals surface area contributed by atoms with Crippen LogP contribution in [0.25, 0.3) is 22.3 Å². The summed E-state index contributed by atoms with van der Waals surface area (Å²) < 4.78 is 0. The first kappa shape index (κ1) is 15.0. The van der Waals surface area contributed by atoms with Gasteiger partial charge in [0.1, 0.15) is 17.8 Å². The van der Waals surface area contributed by atoms with E-state index in [-0.39, 0.29) is 0 Å². The van der Waals surface area contributed by atoms with E-state index in [1.165, 1.54) is 12.8 Å². The lowest BCUT2D eigenvalue weighted by Gasteiger charge is -2.10. The van der Waals surface area contributed by atoms with E-state index in [1.807, 2.05) is 30.6 Å². The van der Waals surface area contributed by atoms with Crippen molar-refractivity contribution < 1.29 is 0 Å². The van der Waals surface area contributed by atoms with Crippen LogP contribution in [0.4, 0.5) is 5.82 Å². The second-order valence-corrected chi connectivity index (χ2v) is 6.61. The normalized spacial score (nSPS) is 13.8. The number of nitrogens with zero attached hydrogens (tertiary/aromatic N) is 4. The molecule has 0 unspecified atom stereocenters. The maximum Gasteiger partial charge on any atom is 0.140 e. The van der Waals surface area contributed by atoms with Crippen LogP contribution < -0.4 is 5.32 Å². The highest BCUT2D eigenvalue weighted by atomic mass is 15.0. The van der Waals surface area contributed by atoms with Crippen LogP contribution in [-0.2, 0) is 6.54 Å². The first-order valence-electron chi connectivity index (χ1n) is 8.80. The Balaban J connectivity index is 1.52. The number of H-pyrrole nitrogens is 1. The molecule has 0 aliphatic heterocycles. The second kappa shape index (κ2) is 6.22. The molecule has 4 heterocycles. The minimum atomic E-state index is 0.600. The SMILES string of the molecule is c1cncc(CNc2cc(-c3cc(C4CC4)ncn3)c3cc[nH]c3n2)c1. The van der Waals surface area contributed by atoms with Crippen LogP contribution in [0.5, 0.6) is 0 Å². The van der Waals surface area contributed by atoms with Crippen LogP contribution in [-0.4, -0.2) is 24.9 Å². The molecule has 0 aromatic carbocycles. The number of rotatable bonds is 5. The van der Waals surface area contributed by atoms with Gasteiger partial charge in [0.25, 0.3) is 0 Å². The Kier molecular flexibility index (Phi) is 3.59. The zero-order valence-corrected chi connectivity index (χ0v) is 14.2. The number of hydrogen-bond donors (Lipinski definition) is 2. The van der Waals surface area contributed by atoms with Crippen molar-refractivity contribution in [1.82, 2.24) is 24.9 Å². The molecule has 0 radical (unpaired) electrons. The van der Waals surface area contributed by atoms with E-state index < -0.39 is 0 Å². The van der Waals surface area contributed by atoms with Crippen molar-refractivity contribution >= 4 is 16.9 Å². The van der Waals surface area contributed by atoms with Crippen molar-refractivity contribution in [2.45, 2.75) is 25.3 Å². The van der Waals surface area contributed by atoms with Gasteiger partial charge >= 0.3 is 0 Å². The van der Waals surface area contributed by atoms with Gasteiger partial charge in [-0.05, 0) is 42.7 Å². The number of hydrogen-bond acceptors (Lipinski definition) is 5. The van der Waals surface area contributed by atoms with E-state index in [2.05, 4.69) is 42.4 Å². The molecule has 5 rings (SSSR count). The number of fused-ring (bicyclic) bond motifs is 1. The molecule has 4 aromatic heterocycles. The van der Waals surface area contributed by atoms with Crippen LogP contribution in [0.1, 0.15) is 30.0 Å². The van der Waals surface area contributed by atoms with Gasteiger partial charge in [-0.2, -0.15) is 0 Å². The summed E-state index contributed by atoms with van der Waals surface area (Å²) in [6.45, 7) is 0.670. The van der Waals surface area contributed by atoms with E-state index >= 15 is 0 Å². The lowest BCUT2D eigenvalue weighted by Crippen LogP contribution is -2.02. The molecular weight excluding hydrogens is 324 g/mol. The topological polar surface area (TPSA) is 79.4 Å². The van der Waals surface area contributed by atoms with Crippen LogP contribution in [0.3, 0.4) is 0 Å². The molecule has 6 heteroatoms. The molecule has 1 saturated carbocycles. The largest absolute Gasteiger partial charge is 0.366 e. The maximum absolute atomic E-state index is 4.68. The van der Waals surface area contributed by atoms with Gasteiger partial charge in [0.2, 0.25) is 0 Å². The van der Waals surface area contributed by atoms with E-state index in [0.29, 0.717) is 12.5 Å². The summed E-state index contributed by atoms with van der Waals surface area (Å²) in [6, 6.07) is 10.2. The summed E-state index contributed by atoms with van der Waals surface area (Å²) in [6.07, 6.45) is 9.67. The van der Waals surface area contributed by atoms with Crippen LogP contribution in [0, 0.1) is 0 Å². The molecule has 128 valence electrons. The van der Waals surface area contributed by atoms with E-state index in [0.717, 1.165) is 39.4 Å². The van der Waals surface area contributed by atoms with Gasteiger partial charge in [-0.1, -0.05) is 6.07 Å². The zero-order valence-electron chi connectivity index (χ0n) is 14.2. The van der Waals surface area contributed by atoms with Crippen molar-refractivity contribution in [3.8, 4) is 11.3 Å². The molecule has 0 spiro atoms. The van der Waals surface area contributed by atoms with Gasteiger partial charge in [0, 0.05) is 47.7 Å². The molecule has 1 fully saturated rings. The van der Waals surface area contributed by atoms with Gasteiger partial charge < -0.3 is 10.3 Å². The highest BCUT2D eigenvalue weighted by Gasteiger charge is 2.25. The minimum Gasteiger partial charge on any atom is -0.366 e. The average molecular weight is 342 g/mol. The quantitative estimate of drug-likeness (QED) is 0.575. The Morgan fingerprint density at radius 3 is 2.96 bits per heavy atom. The number of pyridine rings is 2. The summed E-state index contributed by atoms with van der Waals surface area (Å²) in [5.41, 5.74) is 5.11. The molecule has 0 saturated heterocycles. The molecule has 1 aliphatic carbocycles. The molecule has 26 heavy (non-hydrogen) atoms. The minimum absolute atomic E-state index is 0.600. The maximum atomic E-state index is 4.68. The lowest BCUT2D eigenvalue weighted by atomic mass is 10.1. The predicted molar refractivity (Wildman–Crippen MR) is 101 cm³/mol. The fraction of sp³-hybridized carbons (Fsp3) is 0.200. The smallest absolute Gasteiger partial charge is 0.140 e. The van der Waals surface area contributed by atoms with Crippen molar-refractivity contribution in [3.63, 3.8) is 0 Å². The summed E-state index contributed by atoms with van der Waals surface area (Å²) in [5, 5.41) is 4.46. The highest BCUT2D eigenvalue weighted by Crippen LogP contribution is 2.40. The van der Waals surface area contributed by atoms with Gasteiger partial charge in [0.15, 0.2) is 0 Å². The van der Waals surface area contributed by atoms with Crippen molar-refractivity contribution in [2.75, 3.05) is 5.32 Å². The Morgan fingerprint density at radius 2 is 2.12 bits per heavy atom. The van der Waals surface area contributed by atoms with Crippen LogP contribution in [0.15, 0.2) is 55.2 Å². The third-order valence-corrected chi connectivity index (χ3v) is 4.68. The Morgan fingerprint density at radius 1 is 1.15 bits per heavy atom. The van der Waals surface area contributed by atoms with Gasteiger partial charge in [-0.15, -0.1) is 0 Å². The van der Waals surface area contributed by atoms with Crippen molar-refractivity contribution in [2.24, 2.45) is 0 Å². The fourth-order valence-corrected chi connectivity index (χ4v) is 3.16. The van der Waals surface area contributed by atoms with Gasteiger partial charge in [0.05, 0.1) is 5.69 Å². The summed E-state index contributed by atoms with van der Waals surface area (Å²) in [5.74, 6) is 1.41. The third kappa shape index (κ3) is 2.90. The second-order valence-electron chi connectivity index (χ2n) is 6.61. The molecule has 0 atom stereocenters. The Bertz CT molecular complexity index is 1050. The highest BCUT2D eigenvalue weighted by molar-refractivity contribution is 5.93. The van der Waals surface area contributed by atoms with Gasteiger partial charge in [-0.3, -0.25) is 4.98 Å². The Labute approximate surface area is 150 Å². The number of anilines is 1. The number of nitrogens with one attached hydrogen (secondary N) is 2. The zero-order chi connectivity index (χ0) is 17.3. The predicted octanol–water partition coefficient (Wildman–Crippen LogP) is 3.90. The number of aromatic nitrogens is 5. The van der Waals surface area contributed by atoms with Crippen molar-refractivity contribution in [1.29, 1.82) is 0 Å². The summed E-state index contributed by atoms with van der Waals surface area (Å²) in [7, 11) is 0. The van der Waals surface area contributed by atoms with E-state index in [4.69, 9.17) is 0 Å². The van der Waals surface area contributed by atoms with Crippen LogP contribution in [0.2, 0.25) is 0 Å². The average Bonchev–Trinajstić information content (AvgIpc) is 3.44. The first-order chi connectivity index (χ1) is 12.9. The molecule has 2 N–H and O–H groups in total. The first-order valence-corrected chi connectivity index (χ1v) is 8.80. The fourth-order valence-electron chi connectivity index (χ4n) is 3.16. The monoisotopic (exact) mass is 342 g/mol.